The Kier molecular flexibility index (Phi) is 6.59. The second kappa shape index (κ2) is 9.53. The van der Waals surface area contributed by atoms with Crippen molar-refractivity contribution < 1.29 is 17.1 Å². The minimum atomic E-state index is -3.72. The fourth-order valence-corrected chi connectivity index (χ4v) is 29.0. The fourth-order valence-electron chi connectivity index (χ4n) is 7.77. The maximum atomic E-state index is 2.73. The van der Waals surface area contributed by atoms with E-state index in [0.717, 1.165) is 0 Å². The summed E-state index contributed by atoms with van der Waals surface area (Å²) < 4.78 is 6.47. The SMILES string of the molecule is Cl.Cl.[CH3][Hf]([CH3])(=[SiH2])([CH]1C=Cc2c1c1ccccc1c1ccccc21)[CH]1C=Cc2c1c1ccccc1c1ccccc21. The Morgan fingerprint density at radius 1 is 0.450 bits per heavy atom. The molecule has 0 spiro atoms. The van der Waals surface area contributed by atoms with Crippen LogP contribution in [0.2, 0.25) is 9.36 Å². The Morgan fingerprint density at radius 3 is 1.07 bits per heavy atom. The van der Waals surface area contributed by atoms with Crippen LogP contribution in [0.5, 0.6) is 0 Å². The van der Waals surface area contributed by atoms with E-state index in [1.165, 1.54) is 54.2 Å². The molecule has 0 heterocycles. The summed E-state index contributed by atoms with van der Waals surface area (Å²) in [7, 11) is 0. The Hall–Kier alpha value is -2.49. The molecular weight excluding hydrogens is 710 g/mol. The molecule has 2 aliphatic carbocycles. The molecule has 6 aromatic rings. The molecule has 0 aromatic heterocycles. The van der Waals surface area contributed by atoms with Gasteiger partial charge in [0.05, 0.1) is 0 Å². The average molecular weight is 742 g/mol. The monoisotopic (exact) mass is 742 g/mol. The molecule has 2 atom stereocenters. The third-order valence-electron chi connectivity index (χ3n) is 9.61. The van der Waals surface area contributed by atoms with Gasteiger partial charge >= 0.3 is 227 Å². The summed E-state index contributed by atoms with van der Waals surface area (Å²) in [6.07, 6.45) is 10.1. The summed E-state index contributed by atoms with van der Waals surface area (Å²) in [5.74, 6) is 0. The summed E-state index contributed by atoms with van der Waals surface area (Å²) in [5, 5.41) is 11.2. The van der Waals surface area contributed by atoms with E-state index in [-0.39, 0.29) is 24.8 Å². The number of halogens is 2. The van der Waals surface area contributed by atoms with Crippen molar-refractivity contribution in [2.24, 2.45) is 0 Å². The van der Waals surface area contributed by atoms with Crippen molar-refractivity contribution in [1.29, 1.82) is 0 Å². The van der Waals surface area contributed by atoms with E-state index in [2.05, 4.69) is 138 Å². The van der Waals surface area contributed by atoms with E-state index in [1.807, 2.05) is 0 Å². The van der Waals surface area contributed by atoms with Crippen LogP contribution in [-0.2, 0) is 17.1 Å². The van der Waals surface area contributed by atoms with Crippen LogP contribution < -0.4 is 0 Å². The molecule has 40 heavy (non-hydrogen) atoms. The molecule has 0 nitrogen and oxygen atoms in total. The summed E-state index contributed by atoms with van der Waals surface area (Å²) in [5.41, 5.74) is 6.07. The van der Waals surface area contributed by atoms with Crippen LogP contribution in [-0.4, -0.2) is 6.94 Å². The summed E-state index contributed by atoms with van der Waals surface area (Å²) >= 11 is -3.72. The van der Waals surface area contributed by atoms with Gasteiger partial charge in [-0.25, -0.2) is 0 Å². The minimum absolute atomic E-state index is 0. The molecule has 0 saturated heterocycles. The molecule has 0 bridgehead atoms. The molecule has 198 valence electrons. The molecule has 0 N–H and O–H groups in total. The topological polar surface area (TPSA) is 0 Å². The van der Waals surface area contributed by atoms with E-state index in [9.17, 15) is 0 Å². The van der Waals surface area contributed by atoms with Crippen molar-refractivity contribution in [2.45, 2.75) is 16.7 Å². The van der Waals surface area contributed by atoms with Crippen LogP contribution >= 0.6 is 24.8 Å². The molecule has 0 amide bonds. The van der Waals surface area contributed by atoms with Crippen molar-refractivity contribution in [3.8, 4) is 0 Å². The second-order valence-corrected chi connectivity index (χ2v) is 56.3. The molecular formula is C36H32Cl2HfSi. The third-order valence-corrected chi connectivity index (χ3v) is 34.9. The van der Waals surface area contributed by atoms with Crippen LogP contribution in [0.25, 0.3) is 55.2 Å². The molecule has 2 unspecified atom stereocenters. The molecule has 0 saturated carbocycles. The number of allylic oxidation sites excluding steroid dienone is 2. The van der Waals surface area contributed by atoms with Crippen LogP contribution in [0.4, 0.5) is 0 Å². The first-order chi connectivity index (χ1) is 18.4. The van der Waals surface area contributed by atoms with Crippen molar-refractivity contribution in [1.82, 2.24) is 0 Å². The predicted octanol–water partition coefficient (Wildman–Crippen LogP) is 10.3. The first kappa shape index (κ1) is 27.7. The Labute approximate surface area is 250 Å². The Balaban J connectivity index is 0.00000145. The van der Waals surface area contributed by atoms with Gasteiger partial charge in [-0.1, -0.05) is 0 Å². The molecule has 8 rings (SSSR count). The third kappa shape index (κ3) is 3.66. The van der Waals surface area contributed by atoms with Gasteiger partial charge in [0.25, 0.3) is 0 Å². The van der Waals surface area contributed by atoms with E-state index in [0.29, 0.717) is 7.35 Å². The normalized spacial score (nSPS) is 17.7. The number of rotatable bonds is 2. The molecule has 6 aromatic carbocycles. The van der Waals surface area contributed by atoms with E-state index >= 15 is 0 Å². The summed E-state index contributed by atoms with van der Waals surface area (Å²) in [6.45, 7) is 2.43. The summed E-state index contributed by atoms with van der Waals surface area (Å²) in [6, 6.07) is 36.3. The molecule has 0 aliphatic heterocycles. The fraction of sp³-hybridized carbons (Fsp3) is 0.111. The zero-order valence-electron chi connectivity index (χ0n) is 22.7. The van der Waals surface area contributed by atoms with E-state index < -0.39 is 17.1 Å². The maximum absolute atomic E-state index is 3.72. The van der Waals surface area contributed by atoms with Crippen molar-refractivity contribution in [3.05, 3.63) is 131 Å². The predicted molar refractivity (Wildman–Crippen MR) is 181 cm³/mol. The van der Waals surface area contributed by atoms with E-state index in [1.54, 1.807) is 11.1 Å². The van der Waals surface area contributed by atoms with Gasteiger partial charge in [-0.2, -0.15) is 0 Å². The molecule has 4 heteroatoms. The number of hydrogen-bond donors (Lipinski definition) is 0. The van der Waals surface area contributed by atoms with Crippen LogP contribution in [0, 0.1) is 0 Å². The zero-order chi connectivity index (χ0) is 25.7. The van der Waals surface area contributed by atoms with E-state index in [4.69, 9.17) is 0 Å². The second-order valence-electron chi connectivity index (χ2n) is 12.4. The molecule has 0 fully saturated rings. The Morgan fingerprint density at radius 2 is 0.725 bits per heavy atom. The van der Waals surface area contributed by atoms with Gasteiger partial charge in [-0.05, 0) is 0 Å². The summed E-state index contributed by atoms with van der Waals surface area (Å²) in [4.78, 5) is 0. The van der Waals surface area contributed by atoms with Gasteiger partial charge in [-0.15, -0.1) is 24.8 Å². The number of benzene rings is 6. The van der Waals surface area contributed by atoms with Crippen molar-refractivity contribution >= 4 is 87.0 Å². The van der Waals surface area contributed by atoms with Gasteiger partial charge in [0.15, 0.2) is 0 Å². The van der Waals surface area contributed by atoms with Crippen LogP contribution in [0.15, 0.2) is 109 Å². The van der Waals surface area contributed by atoms with Crippen molar-refractivity contribution in [3.63, 3.8) is 0 Å². The average Bonchev–Trinajstić information content (AvgIpc) is 3.61. The van der Waals surface area contributed by atoms with Crippen LogP contribution in [0.1, 0.15) is 29.6 Å². The molecule has 2 aliphatic rings. The van der Waals surface area contributed by atoms with Gasteiger partial charge in [0, 0.05) is 0 Å². The van der Waals surface area contributed by atoms with Crippen molar-refractivity contribution in [2.75, 3.05) is 0 Å². The van der Waals surface area contributed by atoms with Gasteiger partial charge < -0.3 is 0 Å². The quantitative estimate of drug-likeness (QED) is 0.122. The molecule has 0 radical (unpaired) electrons. The standard InChI is InChI=1S/2C17H11.2CH3.2ClH.Hf.H2Si/c2*1-3-8-14-12(6-1)13-7-2-4-9-15(13)17-11-5-10-16(14)17;;;;;;/h2*1-11H;2*1H3;2*1H;;1H2. The zero-order valence-corrected chi connectivity index (χ0v) is 29.4. The Bertz CT molecular complexity index is 1990. The first-order valence-electron chi connectivity index (χ1n) is 13.7. The van der Waals surface area contributed by atoms with Gasteiger partial charge in [0.1, 0.15) is 0 Å². The van der Waals surface area contributed by atoms with Crippen LogP contribution in [0.3, 0.4) is 0 Å². The first-order valence-corrected chi connectivity index (χ1v) is 33.4. The number of hydrogen-bond acceptors (Lipinski definition) is 0. The van der Waals surface area contributed by atoms with Gasteiger partial charge in [-0.3, -0.25) is 0 Å². The van der Waals surface area contributed by atoms with Gasteiger partial charge in [0.2, 0.25) is 0 Å². The number of fused-ring (bicyclic) bond motifs is 12.